The molecule has 0 atom stereocenters. The molecule has 0 saturated heterocycles. The molecule has 6 heteroatoms. The van der Waals surface area contributed by atoms with E-state index in [0.29, 0.717) is 0 Å². The molecule has 0 bridgehead atoms. The van der Waals surface area contributed by atoms with Crippen LogP contribution in [0.3, 0.4) is 0 Å². The molecular formula is C7H5BrF3NO. The second-order valence-electron chi connectivity index (χ2n) is 2.28. The van der Waals surface area contributed by atoms with Crippen molar-refractivity contribution in [2.75, 3.05) is 0 Å². The zero-order valence-electron chi connectivity index (χ0n) is 6.27. The van der Waals surface area contributed by atoms with E-state index in [1.54, 1.807) is 0 Å². The first-order valence-electron chi connectivity index (χ1n) is 3.28. The van der Waals surface area contributed by atoms with Gasteiger partial charge in [-0.3, -0.25) is 4.98 Å². The van der Waals surface area contributed by atoms with Crippen molar-refractivity contribution in [1.82, 2.24) is 4.98 Å². The molecule has 2 nitrogen and oxygen atoms in total. The van der Waals surface area contributed by atoms with Gasteiger partial charge in [-0.25, -0.2) is 0 Å². The van der Waals surface area contributed by atoms with E-state index < -0.39 is 18.3 Å². The molecule has 1 aromatic rings. The summed E-state index contributed by atoms with van der Waals surface area (Å²) in [6, 6.07) is 0.850. The van der Waals surface area contributed by atoms with E-state index in [0.717, 1.165) is 12.3 Å². The minimum Gasteiger partial charge on any atom is -0.390 e. The molecule has 0 aliphatic carbocycles. The van der Waals surface area contributed by atoms with Crippen LogP contribution < -0.4 is 0 Å². The largest absolute Gasteiger partial charge is 0.417 e. The van der Waals surface area contributed by atoms with E-state index in [-0.39, 0.29) is 10.2 Å². The predicted molar refractivity (Wildman–Crippen MR) is 42.9 cm³/mol. The van der Waals surface area contributed by atoms with Gasteiger partial charge < -0.3 is 5.11 Å². The van der Waals surface area contributed by atoms with Crippen LogP contribution in [0.2, 0.25) is 0 Å². The van der Waals surface area contributed by atoms with Crippen molar-refractivity contribution >= 4 is 15.9 Å². The molecule has 1 heterocycles. The van der Waals surface area contributed by atoms with Crippen molar-refractivity contribution in [3.63, 3.8) is 0 Å². The number of aliphatic hydroxyl groups excluding tert-OH is 1. The number of nitrogens with zero attached hydrogens (tertiary/aromatic N) is 1. The lowest BCUT2D eigenvalue weighted by molar-refractivity contribution is -0.138. The van der Waals surface area contributed by atoms with Crippen LogP contribution in [0, 0.1) is 0 Å². The molecular weight excluding hydrogens is 251 g/mol. The molecule has 1 aromatic heterocycles. The molecule has 72 valence electrons. The van der Waals surface area contributed by atoms with Crippen molar-refractivity contribution in [1.29, 1.82) is 0 Å². The summed E-state index contributed by atoms with van der Waals surface area (Å²) in [4.78, 5) is 3.57. The Hall–Kier alpha value is -0.620. The zero-order chi connectivity index (χ0) is 10.1. The Morgan fingerprint density at radius 1 is 1.46 bits per heavy atom. The first kappa shape index (κ1) is 10.5. The van der Waals surface area contributed by atoms with Crippen molar-refractivity contribution in [2.24, 2.45) is 0 Å². The van der Waals surface area contributed by atoms with Gasteiger partial charge in [-0.05, 0) is 22.0 Å². The van der Waals surface area contributed by atoms with E-state index in [1.165, 1.54) is 0 Å². The first-order valence-corrected chi connectivity index (χ1v) is 4.07. The molecule has 0 radical (unpaired) electrons. The molecule has 0 saturated carbocycles. The number of aromatic nitrogens is 1. The van der Waals surface area contributed by atoms with E-state index in [9.17, 15) is 13.2 Å². The monoisotopic (exact) mass is 255 g/mol. The molecule has 0 unspecified atom stereocenters. The lowest BCUT2D eigenvalue weighted by atomic mass is 10.2. The highest BCUT2D eigenvalue weighted by Crippen LogP contribution is 2.35. The van der Waals surface area contributed by atoms with Crippen molar-refractivity contribution in [3.05, 3.63) is 28.0 Å². The average molecular weight is 256 g/mol. The third kappa shape index (κ3) is 2.19. The van der Waals surface area contributed by atoms with Gasteiger partial charge in [0.05, 0.1) is 22.3 Å². The van der Waals surface area contributed by atoms with Gasteiger partial charge >= 0.3 is 6.18 Å². The Labute approximate surface area is 80.5 Å². The number of halogens is 4. The van der Waals surface area contributed by atoms with Crippen LogP contribution in [-0.4, -0.2) is 10.1 Å². The fraction of sp³-hybridized carbons (Fsp3) is 0.286. The fourth-order valence-electron chi connectivity index (χ4n) is 0.816. The van der Waals surface area contributed by atoms with E-state index in [4.69, 9.17) is 5.11 Å². The van der Waals surface area contributed by atoms with Gasteiger partial charge in [0.25, 0.3) is 0 Å². The lowest BCUT2D eigenvalue weighted by Crippen LogP contribution is -2.08. The Morgan fingerprint density at radius 2 is 2.08 bits per heavy atom. The smallest absolute Gasteiger partial charge is 0.390 e. The summed E-state index contributed by atoms with van der Waals surface area (Å²) in [5, 5.41) is 8.65. The van der Waals surface area contributed by atoms with Crippen molar-refractivity contribution in [3.8, 4) is 0 Å². The third-order valence-corrected chi connectivity index (χ3v) is 2.30. The van der Waals surface area contributed by atoms with Gasteiger partial charge in [0.2, 0.25) is 0 Å². The number of hydrogen-bond donors (Lipinski definition) is 1. The second-order valence-corrected chi connectivity index (χ2v) is 3.07. The number of aliphatic hydroxyl groups is 1. The Bertz CT molecular complexity index is 313. The zero-order valence-corrected chi connectivity index (χ0v) is 7.85. The average Bonchev–Trinajstić information content (AvgIpc) is 2.02. The highest BCUT2D eigenvalue weighted by molar-refractivity contribution is 9.10. The van der Waals surface area contributed by atoms with E-state index in [1.807, 2.05) is 0 Å². The number of alkyl halides is 3. The van der Waals surface area contributed by atoms with E-state index >= 15 is 0 Å². The van der Waals surface area contributed by atoms with Crippen LogP contribution in [-0.2, 0) is 12.8 Å². The van der Waals surface area contributed by atoms with Crippen LogP contribution in [0.5, 0.6) is 0 Å². The quantitative estimate of drug-likeness (QED) is 0.836. The Kier molecular flexibility index (Phi) is 2.92. The normalized spacial score (nSPS) is 11.8. The molecule has 1 rings (SSSR count). The predicted octanol–water partition coefficient (Wildman–Crippen LogP) is 2.36. The summed E-state index contributed by atoms with van der Waals surface area (Å²) in [7, 11) is 0. The Balaban J connectivity index is 3.24. The molecule has 1 N–H and O–H groups in total. The summed E-state index contributed by atoms with van der Waals surface area (Å²) in [5.74, 6) is 0. The second kappa shape index (κ2) is 3.63. The SMILES string of the molecule is OCc1nccc(C(F)(F)F)c1Br. The van der Waals surface area contributed by atoms with Crippen LogP contribution in [0.1, 0.15) is 11.3 Å². The summed E-state index contributed by atoms with van der Waals surface area (Å²) in [5.41, 5.74) is -0.846. The fourth-order valence-corrected chi connectivity index (χ4v) is 1.40. The lowest BCUT2D eigenvalue weighted by Gasteiger charge is -2.10. The van der Waals surface area contributed by atoms with Gasteiger partial charge in [0, 0.05) is 6.20 Å². The standard InChI is InChI=1S/C7H5BrF3NO/c8-6-4(7(9,10)11)1-2-12-5(6)3-13/h1-2,13H,3H2. The minimum atomic E-state index is -4.42. The molecule has 0 aliphatic rings. The van der Waals surface area contributed by atoms with Gasteiger partial charge in [-0.15, -0.1) is 0 Å². The number of pyridine rings is 1. The third-order valence-electron chi connectivity index (χ3n) is 1.42. The molecule has 0 spiro atoms. The van der Waals surface area contributed by atoms with E-state index in [2.05, 4.69) is 20.9 Å². The van der Waals surface area contributed by atoms with Gasteiger partial charge in [-0.2, -0.15) is 13.2 Å². The summed E-state index contributed by atoms with van der Waals surface area (Å²) in [6.07, 6.45) is -3.41. The Morgan fingerprint density at radius 3 is 2.54 bits per heavy atom. The maximum Gasteiger partial charge on any atom is 0.417 e. The summed E-state index contributed by atoms with van der Waals surface area (Å²) in [6.45, 7) is -0.523. The van der Waals surface area contributed by atoms with Crippen molar-refractivity contribution in [2.45, 2.75) is 12.8 Å². The summed E-state index contributed by atoms with van der Waals surface area (Å²) >= 11 is 2.73. The van der Waals surface area contributed by atoms with Gasteiger partial charge in [-0.1, -0.05) is 0 Å². The molecule has 0 amide bonds. The highest BCUT2D eigenvalue weighted by atomic mass is 79.9. The number of hydrogen-bond acceptors (Lipinski definition) is 2. The molecule has 0 aromatic carbocycles. The molecule has 13 heavy (non-hydrogen) atoms. The minimum absolute atomic E-state index is 0.0187. The maximum atomic E-state index is 12.2. The van der Waals surface area contributed by atoms with Gasteiger partial charge in [0.1, 0.15) is 0 Å². The van der Waals surface area contributed by atoms with Crippen LogP contribution >= 0.6 is 15.9 Å². The molecule has 0 aliphatic heterocycles. The molecule has 0 fully saturated rings. The first-order chi connectivity index (χ1) is 5.96. The van der Waals surface area contributed by atoms with Gasteiger partial charge in [0.15, 0.2) is 0 Å². The summed E-state index contributed by atoms with van der Waals surface area (Å²) < 4.78 is 36.5. The van der Waals surface area contributed by atoms with Crippen LogP contribution in [0.15, 0.2) is 16.7 Å². The maximum absolute atomic E-state index is 12.2. The number of rotatable bonds is 1. The van der Waals surface area contributed by atoms with Crippen LogP contribution in [0.4, 0.5) is 13.2 Å². The highest BCUT2D eigenvalue weighted by Gasteiger charge is 2.33. The van der Waals surface area contributed by atoms with Crippen LogP contribution in [0.25, 0.3) is 0 Å². The topological polar surface area (TPSA) is 33.1 Å². The van der Waals surface area contributed by atoms with Crippen molar-refractivity contribution < 1.29 is 18.3 Å².